The molecule has 1 aromatic heterocycles. The quantitative estimate of drug-likeness (QED) is 0.346. The van der Waals surface area contributed by atoms with Crippen LogP contribution in [0.1, 0.15) is 57.4 Å². The van der Waals surface area contributed by atoms with Crippen LogP contribution in [0.2, 0.25) is 0 Å². The van der Waals surface area contributed by atoms with Crippen LogP contribution in [0.4, 0.5) is 11.5 Å². The predicted octanol–water partition coefficient (Wildman–Crippen LogP) is 4.56. The molecule has 2 aromatic carbocycles. The SMILES string of the molecule is CCC(C)(C)NC(=O)[C@H](c1ccc(OC)cc1)N(C(=O)CCC(=O)Nc1cc(C)on1)c1ccc2c(c1)OCCO2. The van der Waals surface area contributed by atoms with Crippen molar-refractivity contribution in [2.45, 2.75) is 58.5 Å². The molecule has 2 heterocycles. The number of rotatable bonds is 11. The minimum Gasteiger partial charge on any atom is -0.497 e. The summed E-state index contributed by atoms with van der Waals surface area (Å²) < 4.78 is 21.7. The lowest BCUT2D eigenvalue weighted by atomic mass is 9.97. The van der Waals surface area contributed by atoms with Crippen molar-refractivity contribution in [2.24, 2.45) is 0 Å². The average molecular weight is 565 g/mol. The fourth-order valence-corrected chi connectivity index (χ4v) is 4.28. The molecule has 1 aliphatic rings. The number of aryl methyl sites for hydroxylation is 1. The normalized spacial score (nSPS) is 13.2. The van der Waals surface area contributed by atoms with Gasteiger partial charge in [-0.3, -0.25) is 19.3 Å². The standard InChI is InChI=1S/C30H36N4O7/c1-6-30(3,4)32-29(37)28(20-7-10-22(38-5)11-8-20)34(21-9-12-23-24(18-21)40-16-15-39-23)27(36)14-13-26(35)31-25-17-19(2)41-33-25/h7-12,17-18,28H,6,13-16H2,1-5H3,(H,32,37)(H,31,33,35)/t28-/m0/s1. The summed E-state index contributed by atoms with van der Waals surface area (Å²) in [5.41, 5.74) is 0.469. The maximum Gasteiger partial charge on any atom is 0.248 e. The largest absolute Gasteiger partial charge is 0.497 e. The van der Waals surface area contributed by atoms with E-state index in [1.807, 2.05) is 20.8 Å². The van der Waals surface area contributed by atoms with Gasteiger partial charge in [-0.2, -0.15) is 0 Å². The van der Waals surface area contributed by atoms with Crippen LogP contribution in [-0.4, -0.2) is 48.7 Å². The lowest BCUT2D eigenvalue weighted by Crippen LogP contribution is -2.50. The van der Waals surface area contributed by atoms with Gasteiger partial charge in [-0.15, -0.1) is 0 Å². The Morgan fingerprint density at radius 1 is 1.02 bits per heavy atom. The van der Waals surface area contributed by atoms with E-state index in [0.717, 1.165) is 0 Å². The molecule has 1 atom stereocenters. The number of fused-ring (bicyclic) bond motifs is 1. The fraction of sp³-hybridized carbons (Fsp3) is 0.400. The number of nitrogens with zero attached hydrogens (tertiary/aromatic N) is 2. The number of nitrogens with one attached hydrogen (secondary N) is 2. The molecule has 4 rings (SSSR count). The van der Waals surface area contributed by atoms with E-state index in [0.29, 0.717) is 53.9 Å². The first kappa shape index (κ1) is 29.4. The second-order valence-corrected chi connectivity index (χ2v) is 10.4. The first-order valence-electron chi connectivity index (χ1n) is 13.5. The van der Waals surface area contributed by atoms with Crippen molar-refractivity contribution < 1.29 is 33.1 Å². The molecule has 0 bridgehead atoms. The molecular weight excluding hydrogens is 528 g/mol. The Balaban J connectivity index is 1.71. The molecule has 11 heteroatoms. The van der Waals surface area contributed by atoms with Crippen molar-refractivity contribution in [1.82, 2.24) is 10.5 Å². The number of hydrogen-bond acceptors (Lipinski definition) is 8. The van der Waals surface area contributed by atoms with Crippen molar-refractivity contribution >= 4 is 29.2 Å². The van der Waals surface area contributed by atoms with E-state index in [1.165, 1.54) is 4.90 Å². The number of carbonyl (C=O) groups excluding carboxylic acids is 3. The Morgan fingerprint density at radius 3 is 2.37 bits per heavy atom. The van der Waals surface area contributed by atoms with Gasteiger partial charge in [0.05, 0.1) is 7.11 Å². The first-order valence-corrected chi connectivity index (χ1v) is 13.5. The summed E-state index contributed by atoms with van der Waals surface area (Å²) >= 11 is 0. The first-order chi connectivity index (χ1) is 19.6. The Hall–Kier alpha value is -4.54. The molecule has 2 N–H and O–H groups in total. The number of aromatic nitrogens is 1. The van der Waals surface area contributed by atoms with E-state index in [-0.39, 0.29) is 24.6 Å². The van der Waals surface area contributed by atoms with Crippen LogP contribution in [0.15, 0.2) is 53.1 Å². The molecule has 0 saturated heterocycles. The zero-order chi connectivity index (χ0) is 29.6. The highest BCUT2D eigenvalue weighted by Crippen LogP contribution is 2.38. The van der Waals surface area contributed by atoms with Gasteiger partial charge in [-0.1, -0.05) is 24.2 Å². The van der Waals surface area contributed by atoms with E-state index >= 15 is 0 Å². The minimum absolute atomic E-state index is 0.136. The number of ether oxygens (including phenoxy) is 3. The number of amides is 3. The van der Waals surface area contributed by atoms with Crippen LogP contribution in [0.25, 0.3) is 0 Å². The lowest BCUT2D eigenvalue weighted by molar-refractivity contribution is -0.128. The van der Waals surface area contributed by atoms with Gasteiger partial charge in [0, 0.05) is 36.2 Å². The number of methoxy groups -OCH3 is 1. The molecule has 0 aliphatic carbocycles. The summed E-state index contributed by atoms with van der Waals surface area (Å²) in [4.78, 5) is 42.0. The summed E-state index contributed by atoms with van der Waals surface area (Å²) in [6, 6.07) is 12.6. The van der Waals surface area contributed by atoms with Crippen LogP contribution in [0.5, 0.6) is 17.2 Å². The van der Waals surface area contributed by atoms with Crippen molar-refractivity contribution in [3.8, 4) is 17.2 Å². The van der Waals surface area contributed by atoms with Crippen LogP contribution in [-0.2, 0) is 14.4 Å². The highest BCUT2D eigenvalue weighted by atomic mass is 16.6. The smallest absolute Gasteiger partial charge is 0.248 e. The molecule has 0 unspecified atom stereocenters. The minimum atomic E-state index is -1.05. The van der Waals surface area contributed by atoms with Crippen molar-refractivity contribution in [1.29, 1.82) is 0 Å². The lowest BCUT2D eigenvalue weighted by Gasteiger charge is -2.35. The third-order valence-electron chi connectivity index (χ3n) is 6.82. The number of hydrogen-bond donors (Lipinski definition) is 2. The zero-order valence-electron chi connectivity index (χ0n) is 24.0. The van der Waals surface area contributed by atoms with Gasteiger partial charge in [0.1, 0.15) is 30.8 Å². The maximum absolute atomic E-state index is 14.0. The van der Waals surface area contributed by atoms with E-state index < -0.39 is 23.4 Å². The van der Waals surface area contributed by atoms with Crippen molar-refractivity contribution in [2.75, 3.05) is 30.5 Å². The highest BCUT2D eigenvalue weighted by Gasteiger charge is 2.35. The second-order valence-electron chi connectivity index (χ2n) is 10.4. The monoisotopic (exact) mass is 564 g/mol. The molecular formula is C30H36N4O7. The molecule has 0 radical (unpaired) electrons. The number of carbonyl (C=O) groups is 3. The number of benzene rings is 2. The fourth-order valence-electron chi connectivity index (χ4n) is 4.28. The molecule has 0 saturated carbocycles. The zero-order valence-corrected chi connectivity index (χ0v) is 24.0. The predicted molar refractivity (Wildman–Crippen MR) is 152 cm³/mol. The molecule has 1 aliphatic heterocycles. The second kappa shape index (κ2) is 12.8. The van der Waals surface area contributed by atoms with Crippen molar-refractivity contribution in [3.05, 3.63) is 59.9 Å². The van der Waals surface area contributed by atoms with E-state index in [4.69, 9.17) is 18.7 Å². The summed E-state index contributed by atoms with van der Waals surface area (Å²) in [5.74, 6) is 1.22. The Labute approximate surface area is 239 Å². The Kier molecular flexibility index (Phi) is 9.16. The van der Waals surface area contributed by atoms with Crippen molar-refractivity contribution in [3.63, 3.8) is 0 Å². The highest BCUT2D eigenvalue weighted by molar-refractivity contribution is 6.03. The summed E-state index contributed by atoms with van der Waals surface area (Å²) in [5, 5.41) is 9.47. The third kappa shape index (κ3) is 7.36. The average Bonchev–Trinajstić information content (AvgIpc) is 3.38. The molecule has 0 spiro atoms. The Morgan fingerprint density at radius 2 is 1.73 bits per heavy atom. The van der Waals surface area contributed by atoms with Crippen LogP contribution in [0.3, 0.4) is 0 Å². The number of anilines is 2. The molecule has 218 valence electrons. The van der Waals surface area contributed by atoms with Gasteiger partial charge in [0.2, 0.25) is 17.7 Å². The molecule has 3 aromatic rings. The van der Waals surface area contributed by atoms with Gasteiger partial charge in [0.25, 0.3) is 0 Å². The molecule has 41 heavy (non-hydrogen) atoms. The van der Waals surface area contributed by atoms with E-state index in [9.17, 15) is 14.4 Å². The van der Waals surface area contributed by atoms with E-state index in [2.05, 4.69) is 15.8 Å². The molecule has 11 nitrogen and oxygen atoms in total. The third-order valence-corrected chi connectivity index (χ3v) is 6.82. The van der Waals surface area contributed by atoms with Gasteiger partial charge in [0.15, 0.2) is 17.3 Å². The topological polar surface area (TPSA) is 132 Å². The van der Waals surface area contributed by atoms with Crippen LogP contribution < -0.4 is 29.7 Å². The van der Waals surface area contributed by atoms with Crippen LogP contribution in [0, 0.1) is 6.92 Å². The van der Waals surface area contributed by atoms with E-state index in [1.54, 1.807) is 62.6 Å². The van der Waals surface area contributed by atoms with Gasteiger partial charge in [-0.05, 0) is 57.0 Å². The molecule has 3 amide bonds. The summed E-state index contributed by atoms with van der Waals surface area (Å²) in [6.45, 7) is 8.30. The van der Waals surface area contributed by atoms with Gasteiger partial charge in [-0.25, -0.2) is 0 Å². The Bertz CT molecular complexity index is 1380. The maximum atomic E-state index is 14.0. The van der Waals surface area contributed by atoms with Crippen LogP contribution >= 0.6 is 0 Å². The molecule has 0 fully saturated rings. The van der Waals surface area contributed by atoms with Gasteiger partial charge >= 0.3 is 0 Å². The summed E-state index contributed by atoms with van der Waals surface area (Å²) in [7, 11) is 1.55. The van der Waals surface area contributed by atoms with Gasteiger partial charge < -0.3 is 29.4 Å². The summed E-state index contributed by atoms with van der Waals surface area (Å²) in [6.07, 6.45) is 0.366.